The van der Waals surface area contributed by atoms with Crippen LogP contribution in [0, 0.1) is 0 Å². The second kappa shape index (κ2) is 4.35. The number of carbonyl (C=O) groups excluding carboxylic acids is 1. The fourth-order valence-corrected chi connectivity index (χ4v) is 2.83. The van der Waals surface area contributed by atoms with Gasteiger partial charge in [-0.15, -0.1) is 11.3 Å². The number of nitrogens with one attached hydrogen (secondary N) is 1. The van der Waals surface area contributed by atoms with Crippen LogP contribution in [0.1, 0.15) is 6.42 Å². The number of ether oxygens (including phenoxy) is 1. The van der Waals surface area contributed by atoms with Crippen molar-refractivity contribution in [1.29, 1.82) is 0 Å². The van der Waals surface area contributed by atoms with Gasteiger partial charge < -0.3 is 15.8 Å². The molecule has 2 aromatic rings. The number of rotatable bonds is 2. The van der Waals surface area contributed by atoms with E-state index in [-0.39, 0.29) is 5.91 Å². The molecule has 1 fully saturated rings. The van der Waals surface area contributed by atoms with E-state index in [0.717, 1.165) is 11.1 Å². The van der Waals surface area contributed by atoms with Gasteiger partial charge in [-0.05, 0) is 41.5 Å². The molecule has 3 N–H and O–H groups in total. The number of fused-ring (bicyclic) bond motifs is 1. The number of amides is 1. The van der Waals surface area contributed by atoms with E-state index in [9.17, 15) is 4.79 Å². The lowest BCUT2D eigenvalue weighted by Gasteiger charge is -2.20. The maximum atomic E-state index is 12.1. The van der Waals surface area contributed by atoms with E-state index in [4.69, 9.17) is 10.5 Å². The highest BCUT2D eigenvalue weighted by Crippen LogP contribution is 2.25. The summed E-state index contributed by atoms with van der Waals surface area (Å²) in [7, 11) is 0. The monoisotopic (exact) mass is 262 g/mol. The molecule has 5 heteroatoms. The van der Waals surface area contributed by atoms with Gasteiger partial charge in [0.25, 0.3) is 0 Å². The fourth-order valence-electron chi connectivity index (χ4n) is 2.06. The highest BCUT2D eigenvalue weighted by atomic mass is 32.1. The lowest BCUT2D eigenvalue weighted by Crippen LogP contribution is -2.51. The molecule has 94 valence electrons. The predicted molar refractivity (Wildman–Crippen MR) is 72.8 cm³/mol. The topological polar surface area (TPSA) is 64.4 Å². The average Bonchev–Trinajstić information content (AvgIpc) is 2.98. The number of carbonyl (C=O) groups is 1. The Kier molecular flexibility index (Phi) is 2.81. The third-order valence-corrected chi connectivity index (χ3v) is 4.11. The Morgan fingerprint density at radius 1 is 1.44 bits per heavy atom. The van der Waals surface area contributed by atoms with E-state index in [2.05, 4.69) is 5.32 Å². The highest BCUT2D eigenvalue weighted by molar-refractivity contribution is 7.17. The summed E-state index contributed by atoms with van der Waals surface area (Å²) in [6.07, 6.45) is 0.569. The van der Waals surface area contributed by atoms with Crippen molar-refractivity contribution in [1.82, 2.24) is 0 Å². The minimum Gasteiger partial charge on any atom is -0.379 e. The summed E-state index contributed by atoms with van der Waals surface area (Å²) >= 11 is 1.68. The van der Waals surface area contributed by atoms with E-state index in [1.54, 1.807) is 11.3 Å². The van der Waals surface area contributed by atoms with Crippen LogP contribution in [0.5, 0.6) is 0 Å². The van der Waals surface area contributed by atoms with Crippen molar-refractivity contribution in [3.63, 3.8) is 0 Å². The predicted octanol–water partition coefficient (Wildman–Crippen LogP) is 1.96. The molecule has 2 heterocycles. The SMILES string of the molecule is NC1(C(=O)Nc2ccc3sccc3c2)CCOC1. The summed E-state index contributed by atoms with van der Waals surface area (Å²) in [5.41, 5.74) is 5.90. The fraction of sp³-hybridized carbons (Fsp3) is 0.308. The summed E-state index contributed by atoms with van der Waals surface area (Å²) in [5.74, 6) is -0.172. The molecule has 3 rings (SSSR count). The first-order valence-electron chi connectivity index (χ1n) is 5.83. The maximum absolute atomic E-state index is 12.1. The number of hydrogen-bond donors (Lipinski definition) is 2. The number of anilines is 1. The van der Waals surface area contributed by atoms with Crippen LogP contribution in [-0.2, 0) is 9.53 Å². The number of thiophene rings is 1. The van der Waals surface area contributed by atoms with Crippen molar-refractivity contribution >= 4 is 33.0 Å². The van der Waals surface area contributed by atoms with Crippen molar-refractivity contribution < 1.29 is 9.53 Å². The van der Waals surface area contributed by atoms with Crippen molar-refractivity contribution in [2.75, 3.05) is 18.5 Å². The van der Waals surface area contributed by atoms with Crippen molar-refractivity contribution in [2.45, 2.75) is 12.0 Å². The molecule has 0 aliphatic carbocycles. The van der Waals surface area contributed by atoms with Crippen LogP contribution in [0.2, 0.25) is 0 Å². The maximum Gasteiger partial charge on any atom is 0.246 e. The molecular weight excluding hydrogens is 248 g/mol. The molecule has 1 unspecified atom stereocenters. The van der Waals surface area contributed by atoms with Crippen LogP contribution in [-0.4, -0.2) is 24.7 Å². The molecule has 0 saturated carbocycles. The second-order valence-corrected chi connectivity index (χ2v) is 5.53. The van der Waals surface area contributed by atoms with Crippen LogP contribution < -0.4 is 11.1 Å². The molecule has 1 aliphatic rings. The van der Waals surface area contributed by atoms with Gasteiger partial charge in [-0.3, -0.25) is 4.79 Å². The summed E-state index contributed by atoms with van der Waals surface area (Å²) in [5, 5.41) is 6.03. The van der Waals surface area contributed by atoms with E-state index in [1.807, 2.05) is 29.6 Å². The molecule has 18 heavy (non-hydrogen) atoms. The minimum atomic E-state index is -0.885. The Morgan fingerprint density at radius 2 is 2.33 bits per heavy atom. The van der Waals surface area contributed by atoms with Crippen LogP contribution in [0.3, 0.4) is 0 Å². The zero-order valence-corrected chi connectivity index (χ0v) is 10.6. The van der Waals surface area contributed by atoms with Crippen LogP contribution in [0.4, 0.5) is 5.69 Å². The lowest BCUT2D eigenvalue weighted by molar-refractivity contribution is -0.121. The van der Waals surface area contributed by atoms with Gasteiger partial charge in [0.2, 0.25) is 5.91 Å². The van der Waals surface area contributed by atoms with Gasteiger partial charge in [0.15, 0.2) is 0 Å². The van der Waals surface area contributed by atoms with E-state index >= 15 is 0 Å². The van der Waals surface area contributed by atoms with Gasteiger partial charge in [0.1, 0.15) is 5.54 Å². The molecule has 1 aliphatic heterocycles. The summed E-state index contributed by atoms with van der Waals surface area (Å²) in [6.45, 7) is 0.840. The van der Waals surface area contributed by atoms with Gasteiger partial charge in [-0.1, -0.05) is 0 Å². The zero-order valence-electron chi connectivity index (χ0n) is 9.81. The molecule has 0 bridgehead atoms. The Bertz CT molecular complexity index is 587. The first kappa shape index (κ1) is 11.6. The third kappa shape index (κ3) is 2.01. The normalized spacial score (nSPS) is 23.4. The van der Waals surface area contributed by atoms with Crippen molar-refractivity contribution in [3.05, 3.63) is 29.6 Å². The largest absolute Gasteiger partial charge is 0.379 e. The lowest BCUT2D eigenvalue weighted by atomic mass is 9.99. The molecule has 0 spiro atoms. The Balaban J connectivity index is 1.81. The quantitative estimate of drug-likeness (QED) is 0.869. The number of benzene rings is 1. The summed E-state index contributed by atoms with van der Waals surface area (Å²) in [4.78, 5) is 12.1. The van der Waals surface area contributed by atoms with Gasteiger partial charge in [0.05, 0.1) is 6.61 Å². The van der Waals surface area contributed by atoms with Crippen LogP contribution >= 0.6 is 11.3 Å². The smallest absolute Gasteiger partial charge is 0.246 e. The van der Waals surface area contributed by atoms with E-state index in [0.29, 0.717) is 19.6 Å². The van der Waals surface area contributed by atoms with Gasteiger partial charge in [-0.25, -0.2) is 0 Å². The average molecular weight is 262 g/mol. The standard InChI is InChI=1S/C13H14N2O2S/c14-13(4-5-17-8-13)12(16)15-10-1-2-11-9(7-10)3-6-18-11/h1-3,6-7H,4-5,8,14H2,(H,15,16). The molecule has 1 atom stereocenters. The van der Waals surface area contributed by atoms with Crippen molar-refractivity contribution in [2.24, 2.45) is 5.73 Å². The first-order chi connectivity index (χ1) is 8.67. The molecule has 0 radical (unpaired) electrons. The first-order valence-corrected chi connectivity index (χ1v) is 6.71. The molecule has 1 amide bonds. The summed E-state index contributed by atoms with van der Waals surface area (Å²) in [6, 6.07) is 7.90. The Hall–Kier alpha value is -1.43. The van der Waals surface area contributed by atoms with Crippen LogP contribution in [0.25, 0.3) is 10.1 Å². The van der Waals surface area contributed by atoms with Crippen molar-refractivity contribution in [3.8, 4) is 0 Å². The Morgan fingerprint density at radius 3 is 3.11 bits per heavy atom. The summed E-state index contributed by atoms with van der Waals surface area (Å²) < 4.78 is 6.40. The highest BCUT2D eigenvalue weighted by Gasteiger charge is 2.38. The second-order valence-electron chi connectivity index (χ2n) is 4.59. The molecule has 4 nitrogen and oxygen atoms in total. The number of nitrogens with two attached hydrogens (primary N) is 1. The van der Waals surface area contributed by atoms with Gasteiger partial charge >= 0.3 is 0 Å². The zero-order chi connectivity index (χ0) is 12.6. The van der Waals surface area contributed by atoms with Crippen LogP contribution in [0.15, 0.2) is 29.6 Å². The Labute approximate surface area is 109 Å². The van der Waals surface area contributed by atoms with E-state index < -0.39 is 5.54 Å². The molecular formula is C13H14N2O2S. The minimum absolute atomic E-state index is 0.172. The molecule has 1 aromatic heterocycles. The van der Waals surface area contributed by atoms with E-state index in [1.165, 1.54) is 4.70 Å². The molecule has 1 saturated heterocycles. The van der Waals surface area contributed by atoms with Gasteiger partial charge in [0, 0.05) is 17.0 Å². The third-order valence-electron chi connectivity index (χ3n) is 3.21. The number of hydrogen-bond acceptors (Lipinski definition) is 4. The van der Waals surface area contributed by atoms with Gasteiger partial charge in [-0.2, -0.15) is 0 Å². The molecule has 1 aromatic carbocycles.